The minimum absolute atomic E-state index is 0.0900. The van der Waals surface area contributed by atoms with Gasteiger partial charge in [-0.25, -0.2) is 18.5 Å². The first-order valence-electron chi connectivity index (χ1n) is 5.50. The number of amides is 3. The minimum Gasteiger partial charge on any atom is -0.312 e. The van der Waals surface area contributed by atoms with Gasteiger partial charge in [0.1, 0.15) is 18.2 Å². The van der Waals surface area contributed by atoms with Gasteiger partial charge in [-0.15, -0.1) is 0 Å². The van der Waals surface area contributed by atoms with Crippen LogP contribution < -0.4 is 4.90 Å². The molecule has 1 fully saturated rings. The fourth-order valence-corrected chi connectivity index (χ4v) is 1.82. The van der Waals surface area contributed by atoms with Gasteiger partial charge in [0.2, 0.25) is 0 Å². The lowest BCUT2D eigenvalue weighted by Crippen LogP contribution is -2.36. The molecule has 3 amide bonds. The van der Waals surface area contributed by atoms with Gasteiger partial charge in [-0.1, -0.05) is 0 Å². The largest absolute Gasteiger partial charge is 0.332 e. The highest BCUT2D eigenvalue weighted by atomic mass is 19.1. The van der Waals surface area contributed by atoms with E-state index in [9.17, 15) is 18.4 Å². The molecule has 4 nitrogen and oxygen atoms in total. The smallest absolute Gasteiger partial charge is 0.312 e. The summed E-state index contributed by atoms with van der Waals surface area (Å²) < 4.78 is 26.4. The van der Waals surface area contributed by atoms with Crippen molar-refractivity contribution >= 4 is 17.6 Å². The van der Waals surface area contributed by atoms with E-state index < -0.39 is 23.6 Å². The van der Waals surface area contributed by atoms with E-state index in [0.29, 0.717) is 6.07 Å². The molecule has 1 aliphatic rings. The molecule has 0 saturated carbocycles. The molecule has 1 aliphatic heterocycles. The third kappa shape index (κ3) is 1.94. The van der Waals surface area contributed by atoms with Crippen LogP contribution in [0.1, 0.15) is 13.8 Å². The number of urea groups is 1. The van der Waals surface area contributed by atoms with Crippen molar-refractivity contribution in [2.75, 3.05) is 11.4 Å². The first kappa shape index (κ1) is 12.5. The molecular weight excluding hydrogens is 242 g/mol. The molecule has 1 saturated heterocycles. The van der Waals surface area contributed by atoms with Crippen molar-refractivity contribution < 1.29 is 18.4 Å². The quantitative estimate of drug-likeness (QED) is 0.759. The van der Waals surface area contributed by atoms with E-state index in [1.165, 1.54) is 4.90 Å². The Kier molecular flexibility index (Phi) is 3.02. The number of nitrogens with zero attached hydrogens (tertiary/aromatic N) is 2. The van der Waals surface area contributed by atoms with Crippen LogP contribution in [0.15, 0.2) is 18.2 Å². The summed E-state index contributed by atoms with van der Waals surface area (Å²) in [5.41, 5.74) is -0.213. The van der Waals surface area contributed by atoms with E-state index in [4.69, 9.17) is 0 Å². The third-order valence-corrected chi connectivity index (χ3v) is 2.77. The first-order valence-corrected chi connectivity index (χ1v) is 5.50. The summed E-state index contributed by atoms with van der Waals surface area (Å²) in [6.45, 7) is 3.43. The molecule has 18 heavy (non-hydrogen) atoms. The average Bonchev–Trinajstić information content (AvgIpc) is 2.56. The number of carbonyl (C=O) groups excluding carboxylic acids is 2. The zero-order valence-electron chi connectivity index (χ0n) is 9.98. The van der Waals surface area contributed by atoms with Gasteiger partial charge in [0.05, 0.1) is 5.69 Å². The molecule has 0 N–H and O–H groups in total. The van der Waals surface area contributed by atoms with E-state index in [-0.39, 0.29) is 18.3 Å². The second-order valence-electron chi connectivity index (χ2n) is 4.33. The van der Waals surface area contributed by atoms with Gasteiger partial charge in [0.15, 0.2) is 0 Å². The Morgan fingerprint density at radius 1 is 1.22 bits per heavy atom. The standard InChI is InChI=1S/C12H12F2N2O2/c1-7(2)15-6-11(17)16(12(15)18)10-4-3-8(13)5-9(10)14/h3-5,7H,6H2,1-2H3. The Balaban J connectivity index is 2.39. The van der Waals surface area contributed by atoms with Gasteiger partial charge in [-0.2, -0.15) is 0 Å². The SMILES string of the molecule is CC(C)N1CC(=O)N(c2ccc(F)cc2F)C1=O. The van der Waals surface area contributed by atoms with Gasteiger partial charge >= 0.3 is 6.03 Å². The molecule has 0 aromatic heterocycles. The Labute approximate surface area is 103 Å². The number of anilines is 1. The van der Waals surface area contributed by atoms with Crippen LogP contribution in [0.5, 0.6) is 0 Å². The summed E-state index contributed by atoms with van der Waals surface area (Å²) in [4.78, 5) is 25.8. The maximum absolute atomic E-state index is 13.6. The van der Waals surface area contributed by atoms with E-state index in [1.54, 1.807) is 13.8 Å². The number of halogens is 2. The summed E-state index contributed by atoms with van der Waals surface area (Å²) in [5.74, 6) is -2.20. The highest BCUT2D eigenvalue weighted by molar-refractivity contribution is 6.19. The summed E-state index contributed by atoms with van der Waals surface area (Å²) in [6.07, 6.45) is 0. The van der Waals surface area contributed by atoms with Crippen LogP contribution in [0, 0.1) is 11.6 Å². The average molecular weight is 254 g/mol. The zero-order chi connectivity index (χ0) is 13.4. The van der Waals surface area contributed by atoms with Gasteiger partial charge in [0.25, 0.3) is 5.91 Å². The Hall–Kier alpha value is -1.98. The molecule has 6 heteroatoms. The second-order valence-corrected chi connectivity index (χ2v) is 4.33. The van der Waals surface area contributed by atoms with Crippen molar-refractivity contribution in [2.45, 2.75) is 19.9 Å². The van der Waals surface area contributed by atoms with Crippen LogP contribution in [0.3, 0.4) is 0 Å². The van der Waals surface area contributed by atoms with Gasteiger partial charge in [-0.05, 0) is 26.0 Å². The normalized spacial score (nSPS) is 16.1. The van der Waals surface area contributed by atoms with E-state index in [0.717, 1.165) is 17.0 Å². The van der Waals surface area contributed by atoms with Gasteiger partial charge in [0, 0.05) is 12.1 Å². The monoisotopic (exact) mass is 254 g/mol. The Bertz CT molecular complexity index is 517. The molecule has 0 bridgehead atoms. The van der Waals surface area contributed by atoms with Crippen molar-refractivity contribution in [1.29, 1.82) is 0 Å². The molecule has 0 aliphatic carbocycles. The molecule has 1 aromatic carbocycles. The van der Waals surface area contributed by atoms with Crippen molar-refractivity contribution in [3.05, 3.63) is 29.8 Å². The number of hydrogen-bond donors (Lipinski definition) is 0. The summed E-state index contributed by atoms with van der Waals surface area (Å²) >= 11 is 0. The van der Waals surface area contributed by atoms with Gasteiger partial charge < -0.3 is 4.90 Å². The van der Waals surface area contributed by atoms with Crippen LogP contribution >= 0.6 is 0 Å². The van der Waals surface area contributed by atoms with Crippen LogP contribution in [0.4, 0.5) is 19.3 Å². The predicted molar refractivity (Wildman–Crippen MR) is 61.1 cm³/mol. The summed E-state index contributed by atoms with van der Waals surface area (Å²) in [7, 11) is 0. The lowest BCUT2D eigenvalue weighted by atomic mass is 10.2. The number of benzene rings is 1. The summed E-state index contributed by atoms with van der Waals surface area (Å²) in [5, 5.41) is 0. The van der Waals surface area contributed by atoms with Crippen LogP contribution in [-0.2, 0) is 4.79 Å². The van der Waals surface area contributed by atoms with E-state index in [2.05, 4.69) is 0 Å². The minimum atomic E-state index is -0.928. The Morgan fingerprint density at radius 2 is 1.89 bits per heavy atom. The third-order valence-electron chi connectivity index (χ3n) is 2.77. The van der Waals surface area contributed by atoms with Gasteiger partial charge in [-0.3, -0.25) is 4.79 Å². The second kappa shape index (κ2) is 4.36. The number of carbonyl (C=O) groups is 2. The molecule has 1 heterocycles. The number of hydrogen-bond acceptors (Lipinski definition) is 2. The summed E-state index contributed by atoms with van der Waals surface area (Å²) in [6, 6.07) is 2.00. The fraction of sp³-hybridized carbons (Fsp3) is 0.333. The molecule has 1 aromatic rings. The predicted octanol–water partition coefficient (Wildman–Crippen LogP) is 2.14. The highest BCUT2D eigenvalue weighted by Crippen LogP contribution is 2.25. The lowest BCUT2D eigenvalue weighted by molar-refractivity contribution is -0.116. The molecule has 96 valence electrons. The number of imide groups is 1. The lowest BCUT2D eigenvalue weighted by Gasteiger charge is -2.20. The Morgan fingerprint density at radius 3 is 2.39 bits per heavy atom. The first-order chi connectivity index (χ1) is 8.41. The van der Waals surface area contributed by atoms with Crippen molar-refractivity contribution in [1.82, 2.24) is 4.90 Å². The molecule has 0 atom stereocenters. The van der Waals surface area contributed by atoms with Crippen molar-refractivity contribution in [3.63, 3.8) is 0 Å². The molecular formula is C12H12F2N2O2. The van der Waals surface area contributed by atoms with Crippen LogP contribution in [0.2, 0.25) is 0 Å². The van der Waals surface area contributed by atoms with Crippen molar-refractivity contribution in [2.24, 2.45) is 0 Å². The van der Waals surface area contributed by atoms with Crippen LogP contribution in [-0.4, -0.2) is 29.4 Å². The topological polar surface area (TPSA) is 40.6 Å². The molecule has 0 spiro atoms. The fourth-order valence-electron chi connectivity index (χ4n) is 1.82. The maximum Gasteiger partial charge on any atom is 0.332 e. The maximum atomic E-state index is 13.6. The van der Waals surface area contributed by atoms with E-state index >= 15 is 0 Å². The zero-order valence-corrected chi connectivity index (χ0v) is 9.98. The number of rotatable bonds is 2. The highest BCUT2D eigenvalue weighted by Gasteiger charge is 2.39. The van der Waals surface area contributed by atoms with Crippen molar-refractivity contribution in [3.8, 4) is 0 Å². The molecule has 0 unspecified atom stereocenters. The van der Waals surface area contributed by atoms with Crippen LogP contribution in [0.25, 0.3) is 0 Å². The molecule has 2 rings (SSSR count). The molecule has 0 radical (unpaired) electrons. The van der Waals surface area contributed by atoms with E-state index in [1.807, 2.05) is 0 Å².